The van der Waals surface area contributed by atoms with Gasteiger partial charge in [0.15, 0.2) is 0 Å². The number of hydrogen-bond acceptors (Lipinski definition) is 0. The average molecular weight is 333 g/mol. The van der Waals surface area contributed by atoms with Gasteiger partial charge in [0.2, 0.25) is 0 Å². The van der Waals surface area contributed by atoms with Gasteiger partial charge >= 0.3 is 0 Å². The largest absolute Gasteiger partial charge is 0.326 e. The molecule has 0 spiro atoms. The second kappa shape index (κ2) is 12.5. The Morgan fingerprint density at radius 3 is 1.79 bits per heavy atom. The van der Waals surface area contributed by atoms with Gasteiger partial charge < -0.3 is 4.48 Å². The molecule has 0 aliphatic rings. The molecular formula is C23H42N+. The number of unbranched alkanes of at least 4 members (excludes halogenated alkanes) is 9. The zero-order valence-corrected chi connectivity index (χ0v) is 16.9. The van der Waals surface area contributed by atoms with Crippen LogP contribution in [0.3, 0.4) is 0 Å². The van der Waals surface area contributed by atoms with E-state index in [4.69, 9.17) is 0 Å². The first-order valence-electron chi connectivity index (χ1n) is 10.4. The molecule has 1 aromatic rings. The summed E-state index contributed by atoms with van der Waals surface area (Å²) in [4.78, 5) is 0. The van der Waals surface area contributed by atoms with Crippen LogP contribution in [0, 0.1) is 0 Å². The summed E-state index contributed by atoms with van der Waals surface area (Å²) < 4.78 is 1.14. The van der Waals surface area contributed by atoms with Crippen molar-refractivity contribution in [2.45, 2.75) is 90.5 Å². The van der Waals surface area contributed by atoms with Gasteiger partial charge in [-0.05, 0) is 25.3 Å². The van der Waals surface area contributed by atoms with Crippen LogP contribution in [0.25, 0.3) is 0 Å². The summed E-state index contributed by atoms with van der Waals surface area (Å²) in [7, 11) is 4.81. The Morgan fingerprint density at radius 2 is 1.25 bits per heavy atom. The second-order valence-corrected chi connectivity index (χ2v) is 8.22. The van der Waals surface area contributed by atoms with Crippen molar-refractivity contribution in [1.82, 2.24) is 0 Å². The molecule has 138 valence electrons. The maximum atomic E-state index is 2.41. The highest BCUT2D eigenvalue weighted by atomic mass is 15.3. The van der Waals surface area contributed by atoms with E-state index in [1.54, 1.807) is 0 Å². The Morgan fingerprint density at radius 1 is 0.750 bits per heavy atom. The monoisotopic (exact) mass is 332 g/mol. The lowest BCUT2D eigenvalue weighted by atomic mass is 10.0. The normalized spacial score (nSPS) is 13.2. The lowest BCUT2D eigenvalue weighted by Gasteiger charge is -2.36. The van der Waals surface area contributed by atoms with Gasteiger partial charge in [0.1, 0.15) is 0 Å². The predicted molar refractivity (Wildman–Crippen MR) is 108 cm³/mol. The van der Waals surface area contributed by atoms with E-state index in [9.17, 15) is 0 Å². The van der Waals surface area contributed by atoms with E-state index in [0.29, 0.717) is 6.04 Å². The Balaban J connectivity index is 2.08. The summed E-state index contributed by atoms with van der Waals surface area (Å²) in [6.07, 6.45) is 15.4. The van der Waals surface area contributed by atoms with Crippen LogP contribution in [0.2, 0.25) is 0 Å². The Hall–Kier alpha value is -0.820. The van der Waals surface area contributed by atoms with E-state index < -0.39 is 0 Å². The minimum absolute atomic E-state index is 0.686. The van der Waals surface area contributed by atoms with E-state index in [1.165, 1.54) is 82.7 Å². The van der Waals surface area contributed by atoms with Crippen LogP contribution in [-0.4, -0.2) is 31.2 Å². The van der Waals surface area contributed by atoms with Crippen LogP contribution in [0.5, 0.6) is 0 Å². The van der Waals surface area contributed by atoms with Crippen molar-refractivity contribution in [1.29, 1.82) is 0 Å². The maximum Gasteiger partial charge on any atom is 0.0898 e. The van der Waals surface area contributed by atoms with E-state index in [0.717, 1.165) is 4.48 Å². The lowest BCUT2D eigenvalue weighted by Crippen LogP contribution is -2.48. The standard InChI is InChI=1S/C23H42N/c1-5-6-7-8-9-10-11-12-13-17-20-24(3,4)22(2)21-23-18-15-14-16-19-23/h14-16,18-19,22H,5-13,17,20-21H2,1-4H3/q+1. The Bertz CT molecular complexity index is 396. The topological polar surface area (TPSA) is 0 Å². The van der Waals surface area contributed by atoms with Crippen LogP contribution in [0.4, 0.5) is 0 Å². The number of benzene rings is 1. The van der Waals surface area contributed by atoms with Crippen molar-refractivity contribution < 1.29 is 4.48 Å². The molecule has 1 rings (SSSR count). The molecule has 24 heavy (non-hydrogen) atoms. The van der Waals surface area contributed by atoms with Crippen LogP contribution in [0.1, 0.15) is 83.6 Å². The molecule has 0 aliphatic carbocycles. The molecule has 0 saturated heterocycles. The SMILES string of the molecule is CCCCCCCCCCCC[N+](C)(C)C(C)Cc1ccccc1. The Labute approximate surface area is 152 Å². The molecule has 0 amide bonds. The van der Waals surface area contributed by atoms with Gasteiger partial charge in [0, 0.05) is 6.42 Å². The molecule has 1 nitrogen and oxygen atoms in total. The third-order valence-corrected chi connectivity index (χ3v) is 5.66. The third-order valence-electron chi connectivity index (χ3n) is 5.66. The molecule has 1 aromatic carbocycles. The first kappa shape index (κ1) is 21.2. The molecule has 0 bridgehead atoms. The van der Waals surface area contributed by atoms with Gasteiger partial charge in [0.25, 0.3) is 0 Å². The Kier molecular flexibility index (Phi) is 11.1. The van der Waals surface area contributed by atoms with Crippen molar-refractivity contribution in [3.05, 3.63) is 35.9 Å². The van der Waals surface area contributed by atoms with Gasteiger partial charge in [0.05, 0.1) is 26.7 Å². The molecule has 1 atom stereocenters. The highest BCUT2D eigenvalue weighted by molar-refractivity contribution is 5.15. The highest BCUT2D eigenvalue weighted by Gasteiger charge is 2.23. The first-order chi connectivity index (χ1) is 11.6. The van der Waals surface area contributed by atoms with Crippen molar-refractivity contribution in [3.63, 3.8) is 0 Å². The van der Waals surface area contributed by atoms with Gasteiger partial charge in [-0.15, -0.1) is 0 Å². The van der Waals surface area contributed by atoms with Gasteiger partial charge in [-0.3, -0.25) is 0 Å². The predicted octanol–water partition coefficient (Wildman–Crippen LogP) is 6.61. The summed E-state index contributed by atoms with van der Waals surface area (Å²) in [5.41, 5.74) is 1.47. The lowest BCUT2D eigenvalue weighted by molar-refractivity contribution is -0.913. The molecule has 0 fully saturated rings. The number of likely N-dealkylation sites (N-methyl/N-ethyl adjacent to an activating group) is 1. The summed E-state index contributed by atoms with van der Waals surface area (Å²) in [5.74, 6) is 0. The van der Waals surface area contributed by atoms with E-state index >= 15 is 0 Å². The minimum atomic E-state index is 0.686. The second-order valence-electron chi connectivity index (χ2n) is 8.22. The fraction of sp³-hybridized carbons (Fsp3) is 0.739. The van der Waals surface area contributed by atoms with Crippen LogP contribution >= 0.6 is 0 Å². The zero-order chi connectivity index (χ0) is 17.7. The van der Waals surface area contributed by atoms with Crippen molar-refractivity contribution in [2.24, 2.45) is 0 Å². The van der Waals surface area contributed by atoms with Crippen molar-refractivity contribution in [3.8, 4) is 0 Å². The summed E-state index contributed by atoms with van der Waals surface area (Å²) in [6, 6.07) is 11.6. The quantitative estimate of drug-likeness (QED) is 0.265. The fourth-order valence-corrected chi connectivity index (χ4v) is 3.43. The van der Waals surface area contributed by atoms with E-state index in [-0.39, 0.29) is 0 Å². The number of nitrogens with zero attached hydrogens (tertiary/aromatic N) is 1. The molecule has 1 heteroatoms. The summed E-state index contributed by atoms with van der Waals surface area (Å²) in [5, 5.41) is 0. The molecule has 1 unspecified atom stereocenters. The van der Waals surface area contributed by atoms with Crippen LogP contribution in [0.15, 0.2) is 30.3 Å². The molecule has 0 aliphatic heterocycles. The molecule has 0 heterocycles. The highest BCUT2D eigenvalue weighted by Crippen LogP contribution is 2.16. The number of quaternary nitrogens is 1. The van der Waals surface area contributed by atoms with E-state index in [1.807, 2.05) is 0 Å². The smallest absolute Gasteiger partial charge is 0.0898 e. The summed E-state index contributed by atoms with van der Waals surface area (Å²) >= 11 is 0. The van der Waals surface area contributed by atoms with Crippen LogP contribution < -0.4 is 0 Å². The van der Waals surface area contributed by atoms with E-state index in [2.05, 4.69) is 58.3 Å². The molecule has 0 aromatic heterocycles. The van der Waals surface area contributed by atoms with Crippen LogP contribution in [-0.2, 0) is 6.42 Å². The van der Waals surface area contributed by atoms with Gasteiger partial charge in [-0.25, -0.2) is 0 Å². The minimum Gasteiger partial charge on any atom is -0.326 e. The first-order valence-corrected chi connectivity index (χ1v) is 10.4. The van der Waals surface area contributed by atoms with Gasteiger partial charge in [-0.2, -0.15) is 0 Å². The fourth-order valence-electron chi connectivity index (χ4n) is 3.43. The van der Waals surface area contributed by atoms with Crippen molar-refractivity contribution >= 4 is 0 Å². The number of hydrogen-bond donors (Lipinski definition) is 0. The molecule has 0 N–H and O–H groups in total. The summed E-state index contributed by atoms with van der Waals surface area (Å²) in [6.45, 7) is 6.01. The van der Waals surface area contributed by atoms with Gasteiger partial charge in [-0.1, -0.05) is 88.6 Å². The number of rotatable bonds is 14. The van der Waals surface area contributed by atoms with Crippen molar-refractivity contribution in [2.75, 3.05) is 20.6 Å². The third kappa shape index (κ3) is 9.47. The molecule has 0 saturated carbocycles. The maximum absolute atomic E-state index is 2.41. The molecular weight excluding hydrogens is 290 g/mol. The average Bonchev–Trinajstić information content (AvgIpc) is 2.57. The molecule has 0 radical (unpaired) electrons. The zero-order valence-electron chi connectivity index (χ0n) is 16.9.